The molecule has 2 atom stereocenters. The van der Waals surface area contributed by atoms with Crippen molar-refractivity contribution in [3.8, 4) is 0 Å². The number of nitrogens with one attached hydrogen (secondary N) is 1. The molecule has 1 N–H and O–H groups in total. The molecule has 1 fully saturated rings. The van der Waals surface area contributed by atoms with Gasteiger partial charge < -0.3 is 10.1 Å². The Morgan fingerprint density at radius 1 is 1.06 bits per heavy atom. The van der Waals surface area contributed by atoms with Crippen molar-refractivity contribution >= 4 is 0 Å². The average molecular weight is 231 g/mol. The molecule has 1 aromatic carbocycles. The van der Waals surface area contributed by atoms with Gasteiger partial charge in [0.1, 0.15) is 0 Å². The minimum atomic E-state index is 0.582. The molecule has 1 heterocycles. The maximum atomic E-state index is 5.53. The molecule has 0 aromatic heterocycles. The highest BCUT2D eigenvalue weighted by atomic mass is 16.5. The Morgan fingerprint density at radius 3 is 2.76 bits per heavy atom. The van der Waals surface area contributed by atoms with Crippen molar-refractivity contribution in [3.63, 3.8) is 0 Å². The van der Waals surface area contributed by atoms with Crippen LogP contribution in [0.4, 0.5) is 0 Å². The van der Waals surface area contributed by atoms with Crippen LogP contribution in [-0.2, 0) is 17.6 Å². The number of hydrogen-bond acceptors (Lipinski definition) is 2. The van der Waals surface area contributed by atoms with Crippen LogP contribution in [0.25, 0.3) is 0 Å². The number of ether oxygens (including phenoxy) is 1. The summed E-state index contributed by atoms with van der Waals surface area (Å²) in [4.78, 5) is 0. The first-order valence-electron chi connectivity index (χ1n) is 6.82. The maximum Gasteiger partial charge on any atom is 0.0619 e. The molecule has 0 amide bonds. The maximum absolute atomic E-state index is 5.53. The van der Waals surface area contributed by atoms with Crippen molar-refractivity contribution in [2.24, 2.45) is 0 Å². The fraction of sp³-hybridized carbons (Fsp3) is 0.600. The second kappa shape index (κ2) is 5.19. The largest absolute Gasteiger partial charge is 0.380 e. The SMILES string of the molecule is c1ccc2c(c1)CCC(NC1CCCOC1)C2. The molecule has 1 aliphatic heterocycles. The van der Waals surface area contributed by atoms with Crippen molar-refractivity contribution in [1.29, 1.82) is 0 Å². The smallest absolute Gasteiger partial charge is 0.0619 e. The fourth-order valence-electron chi connectivity index (χ4n) is 3.05. The molecule has 3 rings (SSSR count). The van der Waals surface area contributed by atoms with Crippen LogP contribution in [-0.4, -0.2) is 25.3 Å². The third-order valence-corrected chi connectivity index (χ3v) is 3.98. The topological polar surface area (TPSA) is 21.3 Å². The Bertz CT molecular complexity index is 371. The zero-order valence-electron chi connectivity index (χ0n) is 10.3. The first kappa shape index (κ1) is 11.2. The van der Waals surface area contributed by atoms with Gasteiger partial charge in [0.25, 0.3) is 0 Å². The molecule has 2 nitrogen and oxygen atoms in total. The third-order valence-electron chi connectivity index (χ3n) is 3.98. The minimum absolute atomic E-state index is 0.582. The molecule has 92 valence electrons. The monoisotopic (exact) mass is 231 g/mol. The van der Waals surface area contributed by atoms with Gasteiger partial charge in [0.15, 0.2) is 0 Å². The summed E-state index contributed by atoms with van der Waals surface area (Å²) in [6.07, 6.45) is 6.17. The Morgan fingerprint density at radius 2 is 1.94 bits per heavy atom. The summed E-state index contributed by atoms with van der Waals surface area (Å²) in [6, 6.07) is 10.1. The molecule has 2 heteroatoms. The van der Waals surface area contributed by atoms with Crippen molar-refractivity contribution in [2.45, 2.75) is 44.2 Å². The highest BCUT2D eigenvalue weighted by molar-refractivity contribution is 5.30. The summed E-state index contributed by atoms with van der Waals surface area (Å²) >= 11 is 0. The van der Waals surface area contributed by atoms with E-state index in [0.717, 1.165) is 13.2 Å². The standard InChI is InChI=1S/C15H21NO/c1-2-5-13-10-14(8-7-12(13)4-1)16-15-6-3-9-17-11-15/h1-2,4-5,14-16H,3,6-11H2. The average Bonchev–Trinajstić information content (AvgIpc) is 2.40. The summed E-state index contributed by atoms with van der Waals surface area (Å²) in [7, 11) is 0. The lowest BCUT2D eigenvalue weighted by molar-refractivity contribution is 0.0656. The molecule has 1 aliphatic carbocycles. The van der Waals surface area contributed by atoms with Crippen LogP contribution in [0, 0.1) is 0 Å². The summed E-state index contributed by atoms with van der Waals surface area (Å²) in [5.74, 6) is 0. The fourth-order valence-corrected chi connectivity index (χ4v) is 3.05. The van der Waals surface area contributed by atoms with Crippen LogP contribution in [0.3, 0.4) is 0 Å². The second-order valence-electron chi connectivity index (χ2n) is 5.29. The van der Waals surface area contributed by atoms with Crippen molar-refractivity contribution in [2.75, 3.05) is 13.2 Å². The molecule has 0 saturated carbocycles. The van der Waals surface area contributed by atoms with Crippen LogP contribution in [0.15, 0.2) is 24.3 Å². The predicted molar refractivity (Wildman–Crippen MR) is 69.2 cm³/mol. The van der Waals surface area contributed by atoms with Crippen LogP contribution in [0.5, 0.6) is 0 Å². The van der Waals surface area contributed by atoms with E-state index in [2.05, 4.69) is 29.6 Å². The number of fused-ring (bicyclic) bond motifs is 1. The zero-order chi connectivity index (χ0) is 11.5. The molecule has 2 aliphatic rings. The van der Waals surface area contributed by atoms with Gasteiger partial charge in [-0.1, -0.05) is 24.3 Å². The molecule has 0 bridgehead atoms. The van der Waals surface area contributed by atoms with Crippen LogP contribution in [0.1, 0.15) is 30.4 Å². The highest BCUT2D eigenvalue weighted by Gasteiger charge is 2.22. The van der Waals surface area contributed by atoms with Gasteiger partial charge in [0, 0.05) is 18.7 Å². The second-order valence-corrected chi connectivity index (χ2v) is 5.29. The van der Waals surface area contributed by atoms with E-state index in [4.69, 9.17) is 4.74 Å². The van der Waals surface area contributed by atoms with Gasteiger partial charge in [-0.05, 0) is 43.2 Å². The van der Waals surface area contributed by atoms with Gasteiger partial charge in [0.05, 0.1) is 6.61 Å². The van der Waals surface area contributed by atoms with Crippen molar-refractivity contribution in [1.82, 2.24) is 5.32 Å². The van der Waals surface area contributed by atoms with Crippen LogP contribution >= 0.6 is 0 Å². The van der Waals surface area contributed by atoms with E-state index in [1.54, 1.807) is 5.56 Å². The van der Waals surface area contributed by atoms with Crippen LogP contribution < -0.4 is 5.32 Å². The lowest BCUT2D eigenvalue weighted by atomic mass is 9.88. The van der Waals surface area contributed by atoms with E-state index >= 15 is 0 Å². The summed E-state index contributed by atoms with van der Waals surface area (Å²) < 4.78 is 5.53. The molecular weight excluding hydrogens is 210 g/mol. The lowest BCUT2D eigenvalue weighted by Crippen LogP contribution is -2.45. The Balaban J connectivity index is 1.60. The van der Waals surface area contributed by atoms with Gasteiger partial charge in [0.2, 0.25) is 0 Å². The van der Waals surface area contributed by atoms with E-state index in [1.807, 2.05) is 0 Å². The Hall–Kier alpha value is -0.860. The van der Waals surface area contributed by atoms with E-state index < -0.39 is 0 Å². The number of benzene rings is 1. The van der Waals surface area contributed by atoms with Crippen LogP contribution in [0.2, 0.25) is 0 Å². The molecule has 0 radical (unpaired) electrons. The summed E-state index contributed by atoms with van der Waals surface area (Å²) in [5, 5.41) is 3.77. The summed E-state index contributed by atoms with van der Waals surface area (Å²) in [6.45, 7) is 1.85. The first-order chi connectivity index (χ1) is 8.42. The summed E-state index contributed by atoms with van der Waals surface area (Å²) in [5.41, 5.74) is 3.08. The third kappa shape index (κ3) is 2.70. The minimum Gasteiger partial charge on any atom is -0.380 e. The Kier molecular flexibility index (Phi) is 3.44. The van der Waals surface area contributed by atoms with E-state index in [9.17, 15) is 0 Å². The molecular formula is C15H21NO. The number of hydrogen-bond donors (Lipinski definition) is 1. The first-order valence-corrected chi connectivity index (χ1v) is 6.82. The van der Waals surface area contributed by atoms with Crippen molar-refractivity contribution < 1.29 is 4.74 Å². The molecule has 1 aromatic rings. The quantitative estimate of drug-likeness (QED) is 0.843. The number of rotatable bonds is 2. The van der Waals surface area contributed by atoms with Crippen molar-refractivity contribution in [3.05, 3.63) is 35.4 Å². The van der Waals surface area contributed by atoms with Gasteiger partial charge in [-0.15, -0.1) is 0 Å². The normalized spacial score (nSPS) is 28.7. The molecule has 0 spiro atoms. The predicted octanol–water partition coefficient (Wildman–Crippen LogP) is 2.31. The number of aryl methyl sites for hydroxylation is 1. The molecule has 1 saturated heterocycles. The lowest BCUT2D eigenvalue weighted by Gasteiger charge is -2.31. The van der Waals surface area contributed by atoms with E-state index in [-0.39, 0.29) is 0 Å². The molecule has 17 heavy (non-hydrogen) atoms. The van der Waals surface area contributed by atoms with Gasteiger partial charge >= 0.3 is 0 Å². The highest BCUT2D eigenvalue weighted by Crippen LogP contribution is 2.22. The van der Waals surface area contributed by atoms with E-state index in [0.29, 0.717) is 12.1 Å². The van der Waals surface area contributed by atoms with Gasteiger partial charge in [-0.2, -0.15) is 0 Å². The zero-order valence-corrected chi connectivity index (χ0v) is 10.3. The van der Waals surface area contributed by atoms with E-state index in [1.165, 1.54) is 37.7 Å². The van der Waals surface area contributed by atoms with Gasteiger partial charge in [-0.3, -0.25) is 0 Å². The molecule has 2 unspecified atom stereocenters. The van der Waals surface area contributed by atoms with Gasteiger partial charge in [-0.25, -0.2) is 0 Å². The Labute approximate surface area is 103 Å².